The molecule has 3 N–H and O–H groups in total. The van der Waals surface area contributed by atoms with Crippen LogP contribution in [0.5, 0.6) is 5.75 Å². The quantitative estimate of drug-likeness (QED) is 0.458. The fourth-order valence-corrected chi connectivity index (χ4v) is 1.43. The van der Waals surface area contributed by atoms with E-state index in [4.69, 9.17) is 5.73 Å². The standard InChI is InChI=1S/C10H12N2O5/c1-5-3-4-6(7(11)10(14)17-2)9(13)8(5)12(15)16/h3-4,7,13H,11H2,1-2H3/t7-/m1/s1. The van der Waals surface area contributed by atoms with Crippen LogP contribution in [-0.4, -0.2) is 23.1 Å². The van der Waals surface area contributed by atoms with Crippen molar-refractivity contribution in [3.63, 3.8) is 0 Å². The van der Waals surface area contributed by atoms with E-state index in [1.54, 1.807) is 0 Å². The number of carbonyl (C=O) groups is 1. The molecule has 17 heavy (non-hydrogen) atoms. The minimum absolute atomic E-state index is 0.0332. The molecule has 0 aliphatic rings. The Balaban J connectivity index is 3.33. The summed E-state index contributed by atoms with van der Waals surface area (Å²) < 4.78 is 4.41. The van der Waals surface area contributed by atoms with Gasteiger partial charge in [-0.05, 0) is 6.92 Å². The Morgan fingerprint density at radius 1 is 1.59 bits per heavy atom. The lowest BCUT2D eigenvalue weighted by Gasteiger charge is -2.12. The summed E-state index contributed by atoms with van der Waals surface area (Å²) in [7, 11) is 1.14. The third kappa shape index (κ3) is 2.34. The third-order valence-electron chi connectivity index (χ3n) is 2.36. The van der Waals surface area contributed by atoms with Crippen molar-refractivity contribution >= 4 is 11.7 Å². The smallest absolute Gasteiger partial charge is 0.327 e. The molecule has 7 nitrogen and oxygen atoms in total. The van der Waals surface area contributed by atoms with Crippen LogP contribution in [-0.2, 0) is 9.53 Å². The number of nitrogens with two attached hydrogens (primary N) is 1. The second-order valence-corrected chi connectivity index (χ2v) is 3.43. The van der Waals surface area contributed by atoms with Crippen LogP contribution in [0.15, 0.2) is 12.1 Å². The number of nitro groups is 1. The number of carbonyl (C=O) groups excluding carboxylic acids is 1. The maximum atomic E-state index is 11.2. The van der Waals surface area contributed by atoms with Gasteiger partial charge in [0.05, 0.1) is 12.0 Å². The Kier molecular flexibility index (Phi) is 3.64. The first kappa shape index (κ1) is 12.9. The van der Waals surface area contributed by atoms with Crippen LogP contribution in [0.1, 0.15) is 17.2 Å². The summed E-state index contributed by atoms with van der Waals surface area (Å²) in [6.45, 7) is 1.48. The number of nitrogens with zero attached hydrogens (tertiary/aromatic N) is 1. The first-order valence-electron chi connectivity index (χ1n) is 4.70. The van der Waals surface area contributed by atoms with E-state index in [1.165, 1.54) is 19.1 Å². The normalized spacial score (nSPS) is 11.9. The number of phenolic OH excluding ortho intramolecular Hbond substituents is 1. The first-order chi connectivity index (χ1) is 7.90. The second kappa shape index (κ2) is 4.79. The van der Waals surface area contributed by atoms with Crippen LogP contribution in [0.3, 0.4) is 0 Å². The molecule has 1 atom stereocenters. The minimum atomic E-state index is -1.25. The maximum Gasteiger partial charge on any atom is 0.327 e. The predicted octanol–water partition coefficient (Wildman–Crippen LogP) is 0.782. The van der Waals surface area contributed by atoms with Crippen LogP contribution in [0.4, 0.5) is 5.69 Å². The van der Waals surface area contributed by atoms with Crippen molar-refractivity contribution in [3.05, 3.63) is 33.4 Å². The molecule has 1 rings (SSSR count). The molecule has 0 aromatic heterocycles. The Morgan fingerprint density at radius 3 is 2.65 bits per heavy atom. The highest BCUT2D eigenvalue weighted by Crippen LogP contribution is 2.35. The van der Waals surface area contributed by atoms with Gasteiger partial charge in [0, 0.05) is 11.1 Å². The molecule has 0 unspecified atom stereocenters. The summed E-state index contributed by atoms with van der Waals surface area (Å²) in [4.78, 5) is 21.2. The number of hydrogen-bond acceptors (Lipinski definition) is 6. The van der Waals surface area contributed by atoms with Gasteiger partial charge in [0.15, 0.2) is 5.75 Å². The lowest BCUT2D eigenvalue weighted by atomic mass is 10.0. The van der Waals surface area contributed by atoms with Gasteiger partial charge in [-0.15, -0.1) is 0 Å². The highest BCUT2D eigenvalue weighted by molar-refractivity contribution is 5.79. The summed E-state index contributed by atoms with van der Waals surface area (Å²) >= 11 is 0. The number of hydrogen-bond donors (Lipinski definition) is 2. The highest BCUT2D eigenvalue weighted by atomic mass is 16.6. The molecule has 0 bridgehead atoms. The van der Waals surface area contributed by atoms with Gasteiger partial charge in [-0.1, -0.05) is 12.1 Å². The molecule has 0 saturated heterocycles. The highest BCUT2D eigenvalue weighted by Gasteiger charge is 2.27. The maximum absolute atomic E-state index is 11.2. The molecule has 92 valence electrons. The third-order valence-corrected chi connectivity index (χ3v) is 2.36. The number of rotatable bonds is 3. The number of ether oxygens (including phenoxy) is 1. The zero-order chi connectivity index (χ0) is 13.2. The summed E-state index contributed by atoms with van der Waals surface area (Å²) in [6.07, 6.45) is 0. The van der Waals surface area contributed by atoms with Crippen molar-refractivity contribution in [1.82, 2.24) is 0 Å². The summed E-state index contributed by atoms with van der Waals surface area (Å²) in [5.74, 6) is -1.38. The number of esters is 1. The molecule has 0 saturated carbocycles. The number of aromatic hydroxyl groups is 1. The molecule has 0 heterocycles. The van der Waals surface area contributed by atoms with Crippen molar-refractivity contribution in [2.75, 3.05) is 7.11 Å². The van der Waals surface area contributed by atoms with Crippen molar-refractivity contribution in [2.24, 2.45) is 5.73 Å². The number of benzene rings is 1. The average molecular weight is 240 g/mol. The van der Waals surface area contributed by atoms with Crippen LogP contribution >= 0.6 is 0 Å². The number of methoxy groups -OCH3 is 1. The topological polar surface area (TPSA) is 116 Å². The molecule has 0 aliphatic heterocycles. The Bertz CT molecular complexity index is 472. The van der Waals surface area contributed by atoms with Gasteiger partial charge < -0.3 is 15.6 Å². The van der Waals surface area contributed by atoms with Crippen molar-refractivity contribution in [1.29, 1.82) is 0 Å². The van der Waals surface area contributed by atoms with Gasteiger partial charge in [-0.3, -0.25) is 14.9 Å². The molecule has 7 heteroatoms. The van der Waals surface area contributed by atoms with Gasteiger partial charge in [0.1, 0.15) is 6.04 Å². The summed E-state index contributed by atoms with van der Waals surface area (Å²) in [5.41, 5.74) is 5.31. The zero-order valence-electron chi connectivity index (χ0n) is 9.34. The van der Waals surface area contributed by atoms with E-state index in [-0.39, 0.29) is 11.1 Å². The van der Waals surface area contributed by atoms with E-state index < -0.39 is 28.4 Å². The van der Waals surface area contributed by atoms with Gasteiger partial charge in [0.25, 0.3) is 0 Å². The molecular formula is C10H12N2O5. The predicted molar refractivity (Wildman–Crippen MR) is 58.4 cm³/mol. The van der Waals surface area contributed by atoms with Gasteiger partial charge in [-0.2, -0.15) is 0 Å². The second-order valence-electron chi connectivity index (χ2n) is 3.43. The van der Waals surface area contributed by atoms with Crippen LogP contribution in [0, 0.1) is 17.0 Å². The lowest BCUT2D eigenvalue weighted by Crippen LogP contribution is -2.22. The summed E-state index contributed by atoms with van der Waals surface area (Å²) in [5, 5.41) is 20.5. The van der Waals surface area contributed by atoms with E-state index in [2.05, 4.69) is 4.74 Å². The molecule has 0 radical (unpaired) electrons. The molecule has 1 aromatic rings. The van der Waals surface area contributed by atoms with E-state index in [0.717, 1.165) is 7.11 Å². The zero-order valence-corrected chi connectivity index (χ0v) is 9.34. The van der Waals surface area contributed by atoms with Crippen LogP contribution in [0.2, 0.25) is 0 Å². The number of aryl methyl sites for hydroxylation is 1. The average Bonchev–Trinajstić information content (AvgIpc) is 2.27. The fourth-order valence-electron chi connectivity index (χ4n) is 1.43. The van der Waals surface area contributed by atoms with E-state index in [0.29, 0.717) is 0 Å². The molecule has 1 aromatic carbocycles. The fraction of sp³-hybridized carbons (Fsp3) is 0.300. The largest absolute Gasteiger partial charge is 0.502 e. The number of nitro benzene ring substituents is 1. The van der Waals surface area contributed by atoms with Crippen LogP contribution in [0.25, 0.3) is 0 Å². The summed E-state index contributed by atoms with van der Waals surface area (Å²) in [6, 6.07) is 1.52. The van der Waals surface area contributed by atoms with E-state index >= 15 is 0 Å². The van der Waals surface area contributed by atoms with Gasteiger partial charge in [-0.25, -0.2) is 0 Å². The van der Waals surface area contributed by atoms with Crippen molar-refractivity contribution < 1.29 is 19.6 Å². The first-order valence-corrected chi connectivity index (χ1v) is 4.70. The SMILES string of the molecule is COC(=O)[C@H](N)c1ccc(C)c([N+](=O)[O-])c1O. The Labute approximate surface area is 97.0 Å². The molecule has 0 aliphatic carbocycles. The monoisotopic (exact) mass is 240 g/mol. The molecule has 0 spiro atoms. The Morgan fingerprint density at radius 2 is 2.18 bits per heavy atom. The molecule has 0 amide bonds. The number of phenols is 1. The van der Waals surface area contributed by atoms with Gasteiger partial charge >= 0.3 is 11.7 Å². The van der Waals surface area contributed by atoms with E-state index in [9.17, 15) is 20.0 Å². The van der Waals surface area contributed by atoms with E-state index in [1.807, 2.05) is 0 Å². The molecular weight excluding hydrogens is 228 g/mol. The minimum Gasteiger partial charge on any atom is -0.502 e. The van der Waals surface area contributed by atoms with Gasteiger partial charge in [0.2, 0.25) is 0 Å². The Hall–Kier alpha value is -2.15. The van der Waals surface area contributed by atoms with Crippen LogP contribution < -0.4 is 5.73 Å². The lowest BCUT2D eigenvalue weighted by molar-refractivity contribution is -0.386. The van der Waals surface area contributed by atoms with Crippen molar-refractivity contribution in [2.45, 2.75) is 13.0 Å². The molecule has 0 fully saturated rings. The van der Waals surface area contributed by atoms with Crippen molar-refractivity contribution in [3.8, 4) is 5.75 Å².